The number of carbonyl (C=O) groups excluding carboxylic acids is 2. The molecule has 3 aromatic rings. The number of phenols is 1. The van der Waals surface area contributed by atoms with E-state index in [0.29, 0.717) is 16.8 Å². The van der Waals surface area contributed by atoms with Crippen molar-refractivity contribution in [3.05, 3.63) is 89.0 Å². The molecule has 0 saturated carbocycles. The molecule has 0 aliphatic carbocycles. The number of benzene rings is 3. The Morgan fingerprint density at radius 3 is 2.10 bits per heavy atom. The number of aromatic hydroxyl groups is 1. The molecule has 0 spiro atoms. The average Bonchev–Trinajstić information content (AvgIpc) is 2.69. The molecule has 2 amide bonds. The van der Waals surface area contributed by atoms with Crippen LogP contribution in [0.1, 0.15) is 52.6 Å². The summed E-state index contributed by atoms with van der Waals surface area (Å²) in [6, 6.07) is 19.3. The first-order valence-corrected chi connectivity index (χ1v) is 9.77. The van der Waals surface area contributed by atoms with Crippen LogP contribution in [0.3, 0.4) is 0 Å². The molecule has 30 heavy (non-hydrogen) atoms. The van der Waals surface area contributed by atoms with Crippen LogP contribution in [-0.2, 0) is 5.41 Å². The molecule has 0 saturated heterocycles. The summed E-state index contributed by atoms with van der Waals surface area (Å²) in [5.41, 5.74) is 3.77. The molecule has 3 rings (SSSR count). The third-order valence-corrected chi connectivity index (χ3v) is 4.91. The molecule has 0 aliphatic rings. The summed E-state index contributed by atoms with van der Waals surface area (Å²) < 4.78 is 0. The highest BCUT2D eigenvalue weighted by Gasteiger charge is 2.15. The first-order chi connectivity index (χ1) is 14.1. The minimum absolute atomic E-state index is 0.0132. The maximum atomic E-state index is 12.5. The summed E-state index contributed by atoms with van der Waals surface area (Å²) >= 11 is 0. The van der Waals surface area contributed by atoms with Crippen LogP contribution in [0.15, 0.2) is 66.7 Å². The fourth-order valence-electron chi connectivity index (χ4n) is 3.06. The van der Waals surface area contributed by atoms with Gasteiger partial charge in [0.15, 0.2) is 0 Å². The minimum Gasteiger partial charge on any atom is -0.506 e. The van der Waals surface area contributed by atoms with Gasteiger partial charge in [0.05, 0.1) is 5.69 Å². The van der Waals surface area contributed by atoms with E-state index >= 15 is 0 Å². The zero-order chi connectivity index (χ0) is 21.9. The predicted octanol–water partition coefficient (Wildman–Crippen LogP) is 5.50. The van der Waals surface area contributed by atoms with Crippen molar-refractivity contribution < 1.29 is 14.7 Å². The Labute approximate surface area is 176 Å². The van der Waals surface area contributed by atoms with Crippen LogP contribution in [0.5, 0.6) is 5.75 Å². The van der Waals surface area contributed by atoms with Crippen molar-refractivity contribution >= 4 is 23.2 Å². The van der Waals surface area contributed by atoms with Gasteiger partial charge in [-0.25, -0.2) is 0 Å². The van der Waals surface area contributed by atoms with Gasteiger partial charge in [0.25, 0.3) is 11.8 Å². The van der Waals surface area contributed by atoms with Crippen LogP contribution in [0.2, 0.25) is 0 Å². The molecule has 5 heteroatoms. The molecule has 154 valence electrons. The standard InChI is InChI=1S/C25H26N2O3/c1-16-7-5-6-8-20(16)24(30)27-21-14-13-19(15-22(21)28)26-23(29)17-9-11-18(12-10-17)25(2,3)4/h5-15,28H,1-4H3,(H,26,29)(H,27,30). The summed E-state index contributed by atoms with van der Waals surface area (Å²) in [7, 11) is 0. The van der Waals surface area contributed by atoms with E-state index in [1.165, 1.54) is 6.07 Å². The first kappa shape index (κ1) is 21.1. The Balaban J connectivity index is 1.70. The second-order valence-electron chi connectivity index (χ2n) is 8.28. The van der Waals surface area contributed by atoms with E-state index in [-0.39, 0.29) is 28.7 Å². The van der Waals surface area contributed by atoms with Gasteiger partial charge in [-0.05, 0) is 53.8 Å². The lowest BCUT2D eigenvalue weighted by atomic mass is 9.87. The lowest BCUT2D eigenvalue weighted by Gasteiger charge is -2.19. The molecule has 0 radical (unpaired) electrons. The van der Waals surface area contributed by atoms with Crippen molar-refractivity contribution in [2.45, 2.75) is 33.1 Å². The number of hydrogen-bond acceptors (Lipinski definition) is 3. The highest BCUT2D eigenvalue weighted by molar-refractivity contribution is 6.07. The second kappa shape index (κ2) is 8.41. The number of hydrogen-bond donors (Lipinski definition) is 3. The summed E-state index contributed by atoms with van der Waals surface area (Å²) in [4.78, 5) is 24.9. The predicted molar refractivity (Wildman–Crippen MR) is 120 cm³/mol. The molecule has 0 atom stereocenters. The Bertz CT molecular complexity index is 1080. The van der Waals surface area contributed by atoms with Crippen LogP contribution in [0, 0.1) is 6.92 Å². The molecule has 0 heterocycles. The fraction of sp³-hybridized carbons (Fsp3) is 0.200. The highest BCUT2D eigenvalue weighted by atomic mass is 16.3. The summed E-state index contributed by atoms with van der Waals surface area (Å²) in [5.74, 6) is -0.705. The molecule has 0 aliphatic heterocycles. The Hall–Kier alpha value is -3.60. The van der Waals surface area contributed by atoms with Crippen molar-refractivity contribution in [2.24, 2.45) is 0 Å². The molecule has 3 aromatic carbocycles. The number of nitrogens with one attached hydrogen (secondary N) is 2. The van der Waals surface area contributed by atoms with Gasteiger partial charge in [-0.2, -0.15) is 0 Å². The van der Waals surface area contributed by atoms with E-state index in [1.807, 2.05) is 31.2 Å². The van der Waals surface area contributed by atoms with Gasteiger partial charge < -0.3 is 15.7 Å². The zero-order valence-electron chi connectivity index (χ0n) is 17.6. The van der Waals surface area contributed by atoms with Crippen molar-refractivity contribution in [3.63, 3.8) is 0 Å². The maximum Gasteiger partial charge on any atom is 0.256 e. The van der Waals surface area contributed by atoms with E-state index in [4.69, 9.17) is 0 Å². The zero-order valence-corrected chi connectivity index (χ0v) is 17.6. The van der Waals surface area contributed by atoms with Gasteiger partial charge in [0.2, 0.25) is 0 Å². The van der Waals surface area contributed by atoms with Gasteiger partial charge in [-0.1, -0.05) is 51.1 Å². The lowest BCUT2D eigenvalue weighted by Crippen LogP contribution is -2.15. The molecule has 0 bridgehead atoms. The molecule has 3 N–H and O–H groups in total. The number of anilines is 2. The molecule has 0 unspecified atom stereocenters. The molecule has 0 aromatic heterocycles. The van der Waals surface area contributed by atoms with Gasteiger partial charge >= 0.3 is 0 Å². The quantitative estimate of drug-likeness (QED) is 0.504. The molecule has 0 fully saturated rings. The van der Waals surface area contributed by atoms with Crippen LogP contribution in [-0.4, -0.2) is 16.9 Å². The fourth-order valence-corrected chi connectivity index (χ4v) is 3.06. The van der Waals surface area contributed by atoms with Crippen molar-refractivity contribution in [1.29, 1.82) is 0 Å². The highest BCUT2D eigenvalue weighted by Crippen LogP contribution is 2.28. The van der Waals surface area contributed by atoms with E-state index in [9.17, 15) is 14.7 Å². The van der Waals surface area contributed by atoms with E-state index < -0.39 is 0 Å². The summed E-state index contributed by atoms with van der Waals surface area (Å²) in [5, 5.41) is 15.8. The second-order valence-corrected chi connectivity index (χ2v) is 8.28. The van der Waals surface area contributed by atoms with Gasteiger partial charge in [-0.3, -0.25) is 9.59 Å². The van der Waals surface area contributed by atoms with E-state index in [2.05, 4.69) is 31.4 Å². The smallest absolute Gasteiger partial charge is 0.256 e. The first-order valence-electron chi connectivity index (χ1n) is 9.77. The molecular formula is C25H26N2O3. The third-order valence-electron chi connectivity index (χ3n) is 4.91. The van der Waals surface area contributed by atoms with Gasteiger partial charge in [-0.15, -0.1) is 0 Å². The Morgan fingerprint density at radius 1 is 0.833 bits per heavy atom. The van der Waals surface area contributed by atoms with Crippen molar-refractivity contribution in [2.75, 3.05) is 10.6 Å². The topological polar surface area (TPSA) is 78.4 Å². The summed E-state index contributed by atoms with van der Waals surface area (Å²) in [6.07, 6.45) is 0. The maximum absolute atomic E-state index is 12.5. The molecule has 5 nitrogen and oxygen atoms in total. The SMILES string of the molecule is Cc1ccccc1C(=O)Nc1ccc(NC(=O)c2ccc(C(C)(C)C)cc2)cc1O. The van der Waals surface area contributed by atoms with Crippen molar-refractivity contribution in [3.8, 4) is 5.75 Å². The van der Waals surface area contributed by atoms with Crippen molar-refractivity contribution in [1.82, 2.24) is 0 Å². The number of carbonyl (C=O) groups is 2. The number of amides is 2. The monoisotopic (exact) mass is 402 g/mol. The third kappa shape index (κ3) is 4.87. The van der Waals surface area contributed by atoms with Crippen LogP contribution in [0.25, 0.3) is 0 Å². The largest absolute Gasteiger partial charge is 0.506 e. The lowest BCUT2D eigenvalue weighted by molar-refractivity contribution is 0.101. The average molecular weight is 402 g/mol. The van der Waals surface area contributed by atoms with Crippen LogP contribution < -0.4 is 10.6 Å². The van der Waals surface area contributed by atoms with Gasteiger partial charge in [0, 0.05) is 22.9 Å². The Kier molecular flexibility index (Phi) is 5.92. The number of phenolic OH excluding ortho intramolecular Hbond substituents is 1. The van der Waals surface area contributed by atoms with Crippen LogP contribution >= 0.6 is 0 Å². The van der Waals surface area contributed by atoms with E-state index in [1.54, 1.807) is 36.4 Å². The molecular weight excluding hydrogens is 376 g/mol. The van der Waals surface area contributed by atoms with Crippen LogP contribution in [0.4, 0.5) is 11.4 Å². The number of rotatable bonds is 4. The minimum atomic E-state index is -0.306. The number of aryl methyl sites for hydroxylation is 1. The summed E-state index contributed by atoms with van der Waals surface area (Å²) in [6.45, 7) is 8.19. The van der Waals surface area contributed by atoms with E-state index in [0.717, 1.165) is 11.1 Å². The van der Waals surface area contributed by atoms with Gasteiger partial charge in [0.1, 0.15) is 5.75 Å². The Morgan fingerprint density at radius 2 is 1.50 bits per heavy atom. The normalized spacial score (nSPS) is 11.1.